The largest absolute Gasteiger partial charge is 0.465 e. The number of nitrogens with one attached hydrogen (secondary N) is 1. The van der Waals surface area contributed by atoms with Gasteiger partial charge in [-0.25, -0.2) is 14.6 Å². The molecular formula is C27H20N2O7. The summed E-state index contributed by atoms with van der Waals surface area (Å²) in [6.45, 7) is 0.144. The molecule has 0 fully saturated rings. The fraction of sp³-hybridized carbons (Fsp3) is 0.111. The Morgan fingerprint density at radius 2 is 1.61 bits per heavy atom. The molecule has 1 aliphatic heterocycles. The molecule has 5 rings (SSSR count). The topological polar surface area (TPSA) is 113 Å². The molecule has 9 nitrogen and oxygen atoms in total. The summed E-state index contributed by atoms with van der Waals surface area (Å²) in [4.78, 5) is 42.7. The molecule has 3 aromatic carbocycles. The molecule has 0 unspecified atom stereocenters. The Morgan fingerprint density at radius 3 is 2.42 bits per heavy atom. The highest BCUT2D eigenvalue weighted by Gasteiger charge is 2.21. The van der Waals surface area contributed by atoms with E-state index in [1.165, 1.54) is 32.4 Å². The van der Waals surface area contributed by atoms with Crippen LogP contribution in [0.15, 0.2) is 66.7 Å². The Morgan fingerprint density at radius 1 is 0.833 bits per heavy atom. The maximum Gasteiger partial charge on any atom is 0.339 e. The number of rotatable bonds is 5. The van der Waals surface area contributed by atoms with Crippen LogP contribution in [-0.2, 0) is 9.47 Å². The first-order valence-electron chi connectivity index (χ1n) is 10.9. The zero-order valence-electron chi connectivity index (χ0n) is 19.4. The normalized spacial score (nSPS) is 11.7. The molecule has 1 amide bonds. The molecule has 2 heterocycles. The molecule has 180 valence electrons. The van der Waals surface area contributed by atoms with Crippen molar-refractivity contribution in [2.24, 2.45) is 0 Å². The Kier molecular flexibility index (Phi) is 5.95. The van der Waals surface area contributed by atoms with Gasteiger partial charge < -0.3 is 24.3 Å². The molecular weight excluding hydrogens is 464 g/mol. The third-order valence-corrected chi connectivity index (χ3v) is 5.72. The standard InChI is InChI=1S/C27H20N2O7/c1-33-26(31)16-7-9-18(27(32)34-2)22(11-16)29-25(30)19-13-21(28-20-6-4-3-5-17(19)20)15-8-10-23-24(12-15)36-14-35-23/h3-13H,14H2,1-2H3,(H,29,30). The van der Waals surface area contributed by atoms with E-state index in [9.17, 15) is 14.4 Å². The zero-order chi connectivity index (χ0) is 25.2. The van der Waals surface area contributed by atoms with Crippen LogP contribution in [0.4, 0.5) is 5.69 Å². The number of carbonyl (C=O) groups is 3. The van der Waals surface area contributed by atoms with Crippen molar-refractivity contribution in [1.82, 2.24) is 4.98 Å². The van der Waals surface area contributed by atoms with E-state index < -0.39 is 17.8 Å². The van der Waals surface area contributed by atoms with Crippen LogP contribution < -0.4 is 14.8 Å². The van der Waals surface area contributed by atoms with E-state index in [1.54, 1.807) is 36.4 Å². The average Bonchev–Trinajstić information content (AvgIpc) is 3.39. The van der Waals surface area contributed by atoms with Gasteiger partial charge in [0.15, 0.2) is 11.5 Å². The highest BCUT2D eigenvalue weighted by Crippen LogP contribution is 2.36. The lowest BCUT2D eigenvalue weighted by molar-refractivity contribution is 0.0587. The summed E-state index contributed by atoms with van der Waals surface area (Å²) in [7, 11) is 2.48. The molecule has 0 saturated heterocycles. The monoisotopic (exact) mass is 484 g/mol. The first-order chi connectivity index (χ1) is 17.5. The number of ether oxygens (including phenoxy) is 4. The number of hydrogen-bond acceptors (Lipinski definition) is 8. The zero-order valence-corrected chi connectivity index (χ0v) is 19.4. The maximum atomic E-state index is 13.6. The molecule has 0 aliphatic carbocycles. The smallest absolute Gasteiger partial charge is 0.339 e. The van der Waals surface area contributed by atoms with E-state index >= 15 is 0 Å². The third kappa shape index (κ3) is 4.18. The quantitative estimate of drug-likeness (QED) is 0.413. The lowest BCUT2D eigenvalue weighted by atomic mass is 10.0. The summed E-state index contributed by atoms with van der Waals surface area (Å²) in [5.41, 5.74) is 2.59. The number of methoxy groups -OCH3 is 2. The second kappa shape index (κ2) is 9.38. The lowest BCUT2D eigenvalue weighted by Crippen LogP contribution is -2.17. The maximum absolute atomic E-state index is 13.6. The molecule has 1 aromatic heterocycles. The van der Waals surface area contributed by atoms with Crippen molar-refractivity contribution >= 4 is 34.4 Å². The molecule has 0 radical (unpaired) electrons. The summed E-state index contributed by atoms with van der Waals surface area (Å²) < 4.78 is 20.5. The predicted octanol–water partition coefficient (Wildman–Crippen LogP) is 4.46. The van der Waals surface area contributed by atoms with Crippen LogP contribution >= 0.6 is 0 Å². The van der Waals surface area contributed by atoms with Gasteiger partial charge in [-0.2, -0.15) is 0 Å². The van der Waals surface area contributed by atoms with Gasteiger partial charge in [-0.15, -0.1) is 0 Å². The van der Waals surface area contributed by atoms with Gasteiger partial charge in [-0.3, -0.25) is 4.79 Å². The minimum atomic E-state index is -0.664. The summed E-state index contributed by atoms with van der Waals surface area (Å²) in [5, 5.41) is 3.37. The van der Waals surface area contributed by atoms with E-state index in [0.717, 1.165) is 5.56 Å². The van der Waals surface area contributed by atoms with Crippen molar-refractivity contribution in [3.63, 3.8) is 0 Å². The first-order valence-corrected chi connectivity index (χ1v) is 10.9. The molecule has 0 atom stereocenters. The number of para-hydroxylation sites is 1. The number of carbonyl (C=O) groups excluding carboxylic acids is 3. The van der Waals surface area contributed by atoms with Gasteiger partial charge in [0.1, 0.15) is 0 Å². The van der Waals surface area contributed by atoms with Crippen molar-refractivity contribution in [3.8, 4) is 22.8 Å². The summed E-state index contributed by atoms with van der Waals surface area (Å²) in [6, 6.07) is 18.5. The van der Waals surface area contributed by atoms with Gasteiger partial charge in [0.05, 0.1) is 47.8 Å². The Balaban J connectivity index is 1.59. The number of pyridine rings is 1. The number of benzene rings is 3. The van der Waals surface area contributed by atoms with Crippen LogP contribution in [0.2, 0.25) is 0 Å². The van der Waals surface area contributed by atoms with E-state index in [1.807, 2.05) is 12.1 Å². The van der Waals surface area contributed by atoms with E-state index in [2.05, 4.69) is 5.32 Å². The Bertz CT molecular complexity index is 1530. The van der Waals surface area contributed by atoms with Gasteiger partial charge >= 0.3 is 11.9 Å². The van der Waals surface area contributed by atoms with Crippen LogP contribution in [0.3, 0.4) is 0 Å². The number of nitrogens with zero attached hydrogens (tertiary/aromatic N) is 1. The van der Waals surface area contributed by atoms with Gasteiger partial charge in [-0.1, -0.05) is 18.2 Å². The molecule has 0 saturated carbocycles. The highest BCUT2D eigenvalue weighted by molar-refractivity contribution is 6.15. The molecule has 9 heteroatoms. The van der Waals surface area contributed by atoms with Crippen LogP contribution in [0.25, 0.3) is 22.2 Å². The van der Waals surface area contributed by atoms with Crippen molar-refractivity contribution in [1.29, 1.82) is 0 Å². The number of hydrogen-bond donors (Lipinski definition) is 1. The van der Waals surface area contributed by atoms with Crippen LogP contribution in [0.1, 0.15) is 31.1 Å². The molecule has 1 aliphatic rings. The molecule has 0 spiro atoms. The highest BCUT2D eigenvalue weighted by atomic mass is 16.7. The molecule has 0 bridgehead atoms. The fourth-order valence-electron chi connectivity index (χ4n) is 3.94. The van der Waals surface area contributed by atoms with Gasteiger partial charge in [-0.05, 0) is 48.5 Å². The average molecular weight is 484 g/mol. The lowest BCUT2D eigenvalue weighted by Gasteiger charge is -2.14. The van der Waals surface area contributed by atoms with Gasteiger partial charge in [0, 0.05) is 10.9 Å². The van der Waals surface area contributed by atoms with Crippen molar-refractivity contribution < 1.29 is 33.3 Å². The molecule has 1 N–H and O–H groups in total. The third-order valence-electron chi connectivity index (χ3n) is 5.72. The predicted molar refractivity (Wildman–Crippen MR) is 130 cm³/mol. The summed E-state index contributed by atoms with van der Waals surface area (Å²) in [5.74, 6) is -0.541. The number of anilines is 1. The Labute approximate surface area is 205 Å². The van der Waals surface area contributed by atoms with Crippen LogP contribution in [-0.4, -0.2) is 43.8 Å². The minimum absolute atomic E-state index is 0.0906. The van der Waals surface area contributed by atoms with E-state index in [0.29, 0.717) is 33.7 Å². The van der Waals surface area contributed by atoms with Crippen LogP contribution in [0, 0.1) is 0 Å². The fourth-order valence-corrected chi connectivity index (χ4v) is 3.94. The van der Waals surface area contributed by atoms with E-state index in [-0.39, 0.29) is 23.6 Å². The number of aromatic nitrogens is 1. The summed E-state index contributed by atoms with van der Waals surface area (Å²) >= 11 is 0. The van der Waals surface area contributed by atoms with Crippen LogP contribution in [0.5, 0.6) is 11.5 Å². The second-order valence-corrected chi connectivity index (χ2v) is 7.84. The van der Waals surface area contributed by atoms with Crippen molar-refractivity contribution in [3.05, 3.63) is 83.4 Å². The minimum Gasteiger partial charge on any atom is -0.465 e. The molecule has 4 aromatic rings. The number of amides is 1. The van der Waals surface area contributed by atoms with Crippen molar-refractivity contribution in [2.45, 2.75) is 0 Å². The number of esters is 2. The Hall–Kier alpha value is -4.92. The first kappa shape index (κ1) is 22.9. The SMILES string of the molecule is COC(=O)c1ccc(C(=O)OC)c(NC(=O)c2cc(-c3ccc4c(c3)OCO4)nc3ccccc23)c1. The van der Waals surface area contributed by atoms with Gasteiger partial charge in [0.2, 0.25) is 6.79 Å². The second-order valence-electron chi connectivity index (χ2n) is 7.84. The number of fused-ring (bicyclic) bond motifs is 2. The van der Waals surface area contributed by atoms with E-state index in [4.69, 9.17) is 23.9 Å². The van der Waals surface area contributed by atoms with Crippen molar-refractivity contribution in [2.75, 3.05) is 26.3 Å². The van der Waals surface area contributed by atoms with Gasteiger partial charge in [0.25, 0.3) is 5.91 Å². The summed E-state index contributed by atoms with van der Waals surface area (Å²) in [6.07, 6.45) is 0. The molecule has 36 heavy (non-hydrogen) atoms.